The standard InChI is InChI=1S/C27H29NO3/c1-19-11-12-24-22(17-19)26(21-8-4-3-7-20(21)18-31-24)28-15-13-27(29,14-16-28)23-9-5-6-10-25(23)30-2/h3-12,17,26,29H,13-16,18H2,1-2H3. The maximum Gasteiger partial charge on any atom is 0.124 e. The highest BCUT2D eigenvalue weighted by atomic mass is 16.5. The Balaban J connectivity index is 1.50. The van der Waals surface area contributed by atoms with Gasteiger partial charge < -0.3 is 14.6 Å². The molecule has 0 bridgehead atoms. The highest BCUT2D eigenvalue weighted by molar-refractivity contribution is 5.48. The Morgan fingerprint density at radius 1 is 0.968 bits per heavy atom. The minimum Gasteiger partial charge on any atom is -0.496 e. The van der Waals surface area contributed by atoms with E-state index < -0.39 is 5.60 Å². The van der Waals surface area contributed by atoms with Gasteiger partial charge in [0.2, 0.25) is 0 Å². The zero-order valence-corrected chi connectivity index (χ0v) is 18.2. The van der Waals surface area contributed by atoms with Crippen LogP contribution in [-0.2, 0) is 12.2 Å². The van der Waals surface area contributed by atoms with Crippen LogP contribution in [0.4, 0.5) is 0 Å². The Bertz CT molecular complexity index is 1090. The predicted octanol–water partition coefficient (Wildman–Crippen LogP) is 4.97. The zero-order chi connectivity index (χ0) is 21.4. The van der Waals surface area contributed by atoms with Gasteiger partial charge in [0.25, 0.3) is 0 Å². The summed E-state index contributed by atoms with van der Waals surface area (Å²) in [7, 11) is 1.67. The van der Waals surface area contributed by atoms with E-state index in [1.807, 2.05) is 24.3 Å². The van der Waals surface area contributed by atoms with Crippen LogP contribution in [0.5, 0.6) is 11.5 Å². The van der Waals surface area contributed by atoms with Gasteiger partial charge in [-0.15, -0.1) is 0 Å². The van der Waals surface area contributed by atoms with Crippen LogP contribution >= 0.6 is 0 Å². The fourth-order valence-electron chi connectivity index (χ4n) is 5.11. The number of benzene rings is 3. The fraction of sp³-hybridized carbons (Fsp3) is 0.333. The Kier molecular flexibility index (Phi) is 5.20. The molecular formula is C27H29NO3. The van der Waals surface area contributed by atoms with Gasteiger partial charge in [0.1, 0.15) is 18.1 Å². The molecule has 4 heteroatoms. The van der Waals surface area contributed by atoms with E-state index >= 15 is 0 Å². The van der Waals surface area contributed by atoms with Crippen LogP contribution in [0.2, 0.25) is 0 Å². The first-order valence-electron chi connectivity index (χ1n) is 11.0. The Morgan fingerprint density at radius 3 is 2.52 bits per heavy atom. The van der Waals surface area contributed by atoms with Crippen LogP contribution in [0.1, 0.15) is 46.7 Å². The van der Waals surface area contributed by atoms with Crippen molar-refractivity contribution in [3.05, 3.63) is 94.5 Å². The number of likely N-dealkylation sites (tertiary alicyclic amines) is 1. The Labute approximate surface area is 184 Å². The molecule has 160 valence electrons. The van der Waals surface area contributed by atoms with Gasteiger partial charge in [0.05, 0.1) is 18.8 Å². The van der Waals surface area contributed by atoms with Crippen LogP contribution in [0.25, 0.3) is 0 Å². The summed E-state index contributed by atoms with van der Waals surface area (Å²) in [5.41, 5.74) is 4.99. The Morgan fingerprint density at radius 2 is 1.71 bits per heavy atom. The summed E-state index contributed by atoms with van der Waals surface area (Å²) in [4.78, 5) is 2.50. The lowest BCUT2D eigenvalue weighted by Crippen LogP contribution is -2.44. The molecule has 3 aromatic rings. The number of nitrogens with zero attached hydrogens (tertiary/aromatic N) is 1. The number of aryl methyl sites for hydroxylation is 1. The molecule has 1 unspecified atom stereocenters. The number of ether oxygens (including phenoxy) is 2. The molecule has 0 amide bonds. The van der Waals surface area contributed by atoms with Crippen molar-refractivity contribution in [2.45, 2.75) is 38.0 Å². The van der Waals surface area contributed by atoms with Crippen molar-refractivity contribution >= 4 is 0 Å². The van der Waals surface area contributed by atoms with Crippen molar-refractivity contribution in [2.24, 2.45) is 0 Å². The van der Waals surface area contributed by atoms with Gasteiger partial charge in [0.15, 0.2) is 0 Å². The summed E-state index contributed by atoms with van der Waals surface area (Å²) in [5.74, 6) is 1.71. The van der Waals surface area contributed by atoms with Gasteiger partial charge in [-0.1, -0.05) is 60.2 Å². The SMILES string of the molecule is COc1ccccc1C1(O)CCN(C2c3ccccc3COc3ccc(C)cc32)CC1. The van der Waals surface area contributed by atoms with Crippen molar-refractivity contribution in [1.82, 2.24) is 4.90 Å². The number of methoxy groups -OCH3 is 1. The van der Waals surface area contributed by atoms with Crippen LogP contribution in [0, 0.1) is 6.92 Å². The van der Waals surface area contributed by atoms with Crippen LogP contribution in [0.3, 0.4) is 0 Å². The van der Waals surface area contributed by atoms with Gasteiger partial charge in [-0.2, -0.15) is 0 Å². The third kappa shape index (κ3) is 3.60. The highest BCUT2D eigenvalue weighted by Crippen LogP contribution is 2.44. The molecule has 3 aromatic carbocycles. The summed E-state index contributed by atoms with van der Waals surface area (Å²) < 4.78 is 11.7. The van der Waals surface area contributed by atoms with Crippen molar-refractivity contribution in [3.63, 3.8) is 0 Å². The number of rotatable bonds is 3. The molecule has 2 heterocycles. The molecule has 2 aliphatic rings. The number of para-hydroxylation sites is 1. The van der Waals surface area contributed by atoms with Crippen LogP contribution in [-0.4, -0.2) is 30.2 Å². The zero-order valence-electron chi connectivity index (χ0n) is 18.2. The van der Waals surface area contributed by atoms with Gasteiger partial charge in [-0.25, -0.2) is 0 Å². The van der Waals surface area contributed by atoms with Gasteiger partial charge in [0, 0.05) is 24.2 Å². The molecule has 1 fully saturated rings. The lowest BCUT2D eigenvalue weighted by molar-refractivity contribution is -0.0339. The van der Waals surface area contributed by atoms with E-state index in [-0.39, 0.29) is 6.04 Å². The molecule has 2 aliphatic heterocycles. The quantitative estimate of drug-likeness (QED) is 0.656. The third-order valence-electron chi connectivity index (χ3n) is 6.79. The fourth-order valence-corrected chi connectivity index (χ4v) is 5.11. The van der Waals surface area contributed by atoms with E-state index in [0.29, 0.717) is 19.4 Å². The average Bonchev–Trinajstić information content (AvgIpc) is 2.96. The number of aliphatic hydroxyl groups is 1. The maximum atomic E-state index is 11.5. The molecule has 0 aromatic heterocycles. The summed E-state index contributed by atoms with van der Waals surface area (Å²) in [6.07, 6.45) is 1.32. The van der Waals surface area contributed by atoms with Crippen LogP contribution in [0.15, 0.2) is 66.7 Å². The monoisotopic (exact) mass is 415 g/mol. The second-order valence-electron chi connectivity index (χ2n) is 8.70. The van der Waals surface area contributed by atoms with Gasteiger partial charge >= 0.3 is 0 Å². The largest absolute Gasteiger partial charge is 0.496 e. The highest BCUT2D eigenvalue weighted by Gasteiger charge is 2.39. The van der Waals surface area contributed by atoms with E-state index in [1.165, 1.54) is 22.3 Å². The van der Waals surface area contributed by atoms with Crippen molar-refractivity contribution in [1.29, 1.82) is 0 Å². The number of hydrogen-bond donors (Lipinski definition) is 1. The minimum absolute atomic E-state index is 0.121. The van der Waals surface area contributed by atoms with Crippen molar-refractivity contribution < 1.29 is 14.6 Å². The van der Waals surface area contributed by atoms with E-state index in [4.69, 9.17) is 9.47 Å². The van der Waals surface area contributed by atoms with E-state index in [2.05, 4.69) is 54.3 Å². The predicted molar refractivity (Wildman–Crippen MR) is 121 cm³/mol. The average molecular weight is 416 g/mol. The lowest BCUT2D eigenvalue weighted by Gasteiger charge is -2.42. The van der Waals surface area contributed by atoms with Crippen LogP contribution < -0.4 is 9.47 Å². The minimum atomic E-state index is -0.876. The first-order valence-corrected chi connectivity index (χ1v) is 11.0. The summed E-state index contributed by atoms with van der Waals surface area (Å²) >= 11 is 0. The Hall–Kier alpha value is -2.82. The molecule has 1 atom stereocenters. The summed E-state index contributed by atoms with van der Waals surface area (Å²) in [6.45, 7) is 4.30. The first-order chi connectivity index (χ1) is 15.1. The normalized spacial score (nSPS) is 20.2. The second-order valence-corrected chi connectivity index (χ2v) is 8.70. The third-order valence-corrected chi connectivity index (χ3v) is 6.79. The molecule has 0 spiro atoms. The molecule has 1 N–H and O–H groups in total. The maximum absolute atomic E-state index is 11.5. The molecule has 0 aliphatic carbocycles. The smallest absolute Gasteiger partial charge is 0.124 e. The molecule has 1 saturated heterocycles. The van der Waals surface area contributed by atoms with Gasteiger partial charge in [-0.05, 0) is 43.0 Å². The number of piperidine rings is 1. The van der Waals surface area contributed by atoms with E-state index in [9.17, 15) is 5.11 Å². The second kappa shape index (κ2) is 8.03. The number of hydrogen-bond acceptors (Lipinski definition) is 4. The topological polar surface area (TPSA) is 41.9 Å². The first kappa shape index (κ1) is 20.1. The van der Waals surface area contributed by atoms with E-state index in [1.54, 1.807) is 7.11 Å². The molecule has 4 nitrogen and oxygen atoms in total. The van der Waals surface area contributed by atoms with E-state index in [0.717, 1.165) is 30.2 Å². The molecule has 31 heavy (non-hydrogen) atoms. The van der Waals surface area contributed by atoms with Crippen molar-refractivity contribution in [3.8, 4) is 11.5 Å². The molecular weight excluding hydrogens is 386 g/mol. The molecule has 5 rings (SSSR count). The number of fused-ring (bicyclic) bond motifs is 2. The summed E-state index contributed by atoms with van der Waals surface area (Å²) in [6, 6.07) is 23.0. The lowest BCUT2D eigenvalue weighted by atomic mass is 9.82. The summed E-state index contributed by atoms with van der Waals surface area (Å²) in [5, 5.41) is 11.5. The molecule has 0 radical (unpaired) electrons. The molecule has 0 saturated carbocycles. The van der Waals surface area contributed by atoms with Gasteiger partial charge in [-0.3, -0.25) is 4.90 Å². The van der Waals surface area contributed by atoms with Crippen molar-refractivity contribution in [2.75, 3.05) is 20.2 Å².